The maximum atomic E-state index is 14.5. The van der Waals surface area contributed by atoms with E-state index in [2.05, 4.69) is 26.1 Å². The molecule has 2 aromatic rings. The number of hydrogen-bond donors (Lipinski definition) is 1. The second-order valence-corrected chi connectivity index (χ2v) is 7.67. The van der Waals surface area contributed by atoms with Gasteiger partial charge in [0.15, 0.2) is 6.61 Å². The van der Waals surface area contributed by atoms with Crippen molar-refractivity contribution < 1.29 is 18.7 Å². The first-order chi connectivity index (χ1) is 13.5. The van der Waals surface area contributed by atoms with Crippen molar-refractivity contribution in [3.63, 3.8) is 0 Å². The van der Waals surface area contributed by atoms with Crippen molar-refractivity contribution in [2.45, 2.75) is 12.8 Å². The van der Waals surface area contributed by atoms with Crippen LogP contribution in [0.5, 0.6) is 5.75 Å². The Labute approximate surface area is 170 Å². The molecule has 0 aromatic heterocycles. The van der Waals surface area contributed by atoms with Gasteiger partial charge in [0.2, 0.25) is 5.91 Å². The van der Waals surface area contributed by atoms with E-state index < -0.39 is 11.7 Å². The molecule has 1 fully saturated rings. The molecule has 6 nitrogen and oxygen atoms in total. The highest BCUT2D eigenvalue weighted by Crippen LogP contribution is 2.35. The largest absolute Gasteiger partial charge is 0.482 e. The Morgan fingerprint density at radius 2 is 1.96 bits per heavy atom. The third kappa shape index (κ3) is 3.69. The highest BCUT2D eigenvalue weighted by molar-refractivity contribution is 9.10. The summed E-state index contributed by atoms with van der Waals surface area (Å²) in [6.45, 7) is 1.30. The van der Waals surface area contributed by atoms with Gasteiger partial charge >= 0.3 is 0 Å². The van der Waals surface area contributed by atoms with Crippen LogP contribution in [0, 0.1) is 5.82 Å². The molecular formula is C20H19BrFN3O3. The first-order valence-corrected chi connectivity index (χ1v) is 9.88. The summed E-state index contributed by atoms with van der Waals surface area (Å²) in [7, 11) is 0. The zero-order valence-corrected chi connectivity index (χ0v) is 16.7. The van der Waals surface area contributed by atoms with Gasteiger partial charge in [-0.05, 0) is 43.2 Å². The summed E-state index contributed by atoms with van der Waals surface area (Å²) in [5.74, 6) is -0.756. The van der Waals surface area contributed by atoms with Gasteiger partial charge in [-0.2, -0.15) is 0 Å². The summed E-state index contributed by atoms with van der Waals surface area (Å²) in [5, 5.41) is 2.67. The van der Waals surface area contributed by atoms with Crippen LogP contribution in [0.1, 0.15) is 12.8 Å². The Morgan fingerprint density at radius 3 is 2.75 bits per heavy atom. The van der Waals surface area contributed by atoms with Crippen molar-refractivity contribution in [3.05, 3.63) is 46.7 Å². The lowest BCUT2D eigenvalue weighted by Gasteiger charge is -2.29. The molecule has 146 valence electrons. The second kappa shape index (κ2) is 7.79. The fraction of sp³-hybridized carbons (Fsp3) is 0.300. The number of amides is 2. The van der Waals surface area contributed by atoms with Crippen molar-refractivity contribution >= 4 is 44.8 Å². The van der Waals surface area contributed by atoms with Gasteiger partial charge < -0.3 is 15.0 Å². The number of carbonyl (C=O) groups is 2. The van der Waals surface area contributed by atoms with E-state index in [1.54, 1.807) is 30.3 Å². The number of benzene rings is 2. The minimum absolute atomic E-state index is 0.143. The molecule has 0 bridgehead atoms. The monoisotopic (exact) mass is 447 g/mol. The van der Waals surface area contributed by atoms with Crippen LogP contribution in [-0.2, 0) is 9.59 Å². The number of halogens is 2. The highest BCUT2D eigenvalue weighted by atomic mass is 79.9. The molecule has 1 saturated heterocycles. The Kier molecular flexibility index (Phi) is 5.21. The predicted octanol–water partition coefficient (Wildman–Crippen LogP) is 3.55. The van der Waals surface area contributed by atoms with E-state index in [-0.39, 0.29) is 24.7 Å². The van der Waals surface area contributed by atoms with Crippen LogP contribution >= 0.6 is 15.9 Å². The van der Waals surface area contributed by atoms with Crippen LogP contribution in [-0.4, -0.2) is 38.1 Å². The van der Waals surface area contributed by atoms with Crippen LogP contribution in [0.25, 0.3) is 0 Å². The predicted molar refractivity (Wildman–Crippen MR) is 108 cm³/mol. The lowest BCUT2D eigenvalue weighted by molar-refractivity contribution is -0.123. The molecular weight excluding hydrogens is 429 g/mol. The second-order valence-electron chi connectivity index (χ2n) is 6.76. The van der Waals surface area contributed by atoms with Crippen molar-refractivity contribution in [3.8, 4) is 5.75 Å². The van der Waals surface area contributed by atoms with Crippen molar-refractivity contribution in [2.75, 3.05) is 41.4 Å². The van der Waals surface area contributed by atoms with Crippen molar-refractivity contribution in [2.24, 2.45) is 0 Å². The number of nitrogens with zero attached hydrogens (tertiary/aromatic N) is 2. The molecule has 0 saturated carbocycles. The van der Waals surface area contributed by atoms with Gasteiger partial charge in [-0.15, -0.1) is 0 Å². The number of carbonyl (C=O) groups excluding carboxylic acids is 2. The smallest absolute Gasteiger partial charge is 0.265 e. The number of para-hydroxylation sites is 1. The lowest BCUT2D eigenvalue weighted by Crippen LogP contribution is -2.43. The Hall–Kier alpha value is -2.61. The van der Waals surface area contributed by atoms with Gasteiger partial charge in [-0.25, -0.2) is 4.39 Å². The SMILES string of the molecule is O=C(CN1C(=O)COc2cc(Br)ccc21)Nc1c(F)cccc1N1CCCC1. The number of rotatable bonds is 4. The summed E-state index contributed by atoms with van der Waals surface area (Å²) < 4.78 is 20.7. The topological polar surface area (TPSA) is 61.9 Å². The fourth-order valence-electron chi connectivity index (χ4n) is 3.53. The number of anilines is 3. The lowest BCUT2D eigenvalue weighted by atomic mass is 10.2. The van der Waals surface area contributed by atoms with Gasteiger partial charge in [0.25, 0.3) is 5.91 Å². The molecule has 1 N–H and O–H groups in total. The van der Waals surface area contributed by atoms with E-state index in [9.17, 15) is 14.0 Å². The highest BCUT2D eigenvalue weighted by Gasteiger charge is 2.28. The Bertz CT molecular complexity index is 931. The summed E-state index contributed by atoms with van der Waals surface area (Å²) in [6, 6.07) is 9.99. The molecule has 2 aliphatic rings. The Balaban J connectivity index is 1.55. The molecule has 0 unspecified atom stereocenters. The Morgan fingerprint density at radius 1 is 1.18 bits per heavy atom. The fourth-order valence-corrected chi connectivity index (χ4v) is 3.87. The maximum absolute atomic E-state index is 14.5. The molecule has 0 atom stereocenters. The summed E-state index contributed by atoms with van der Waals surface area (Å²) in [6.07, 6.45) is 2.08. The van der Waals surface area contributed by atoms with E-state index in [1.807, 2.05) is 0 Å². The summed E-state index contributed by atoms with van der Waals surface area (Å²) in [5.41, 5.74) is 1.34. The average Bonchev–Trinajstić information content (AvgIpc) is 3.20. The van der Waals surface area contributed by atoms with E-state index in [1.165, 1.54) is 11.0 Å². The number of nitrogens with one attached hydrogen (secondary N) is 1. The average molecular weight is 448 g/mol. The third-order valence-corrected chi connectivity index (χ3v) is 5.36. The van der Waals surface area contributed by atoms with Crippen molar-refractivity contribution in [1.82, 2.24) is 0 Å². The molecule has 8 heteroatoms. The number of hydrogen-bond acceptors (Lipinski definition) is 4. The van der Waals surface area contributed by atoms with Gasteiger partial charge in [0, 0.05) is 17.6 Å². The van der Waals surface area contributed by atoms with Gasteiger partial charge in [-0.1, -0.05) is 22.0 Å². The van der Waals surface area contributed by atoms with Crippen LogP contribution in [0.2, 0.25) is 0 Å². The molecule has 2 amide bonds. The van der Waals surface area contributed by atoms with E-state index in [0.29, 0.717) is 17.1 Å². The molecule has 28 heavy (non-hydrogen) atoms. The van der Waals surface area contributed by atoms with E-state index >= 15 is 0 Å². The summed E-state index contributed by atoms with van der Waals surface area (Å²) in [4.78, 5) is 28.4. The standard InChI is InChI=1S/C20H19BrFN3O3/c21-13-6-7-15-17(10-13)28-12-19(27)25(15)11-18(26)23-20-14(22)4-3-5-16(20)24-8-1-2-9-24/h3-7,10H,1-2,8-9,11-12H2,(H,23,26). The molecule has 2 aromatic carbocycles. The third-order valence-electron chi connectivity index (χ3n) is 4.87. The van der Waals surface area contributed by atoms with Crippen molar-refractivity contribution in [1.29, 1.82) is 0 Å². The number of fused-ring (bicyclic) bond motifs is 1. The first kappa shape index (κ1) is 18.7. The molecule has 2 heterocycles. The van der Waals surface area contributed by atoms with Crippen LogP contribution in [0.3, 0.4) is 0 Å². The molecule has 2 aliphatic heterocycles. The van der Waals surface area contributed by atoms with Gasteiger partial charge in [0.1, 0.15) is 23.8 Å². The maximum Gasteiger partial charge on any atom is 0.265 e. The van der Waals surface area contributed by atoms with Crippen LogP contribution in [0.4, 0.5) is 21.5 Å². The molecule has 4 rings (SSSR count). The summed E-state index contributed by atoms with van der Waals surface area (Å²) >= 11 is 3.36. The zero-order valence-electron chi connectivity index (χ0n) is 15.1. The zero-order chi connectivity index (χ0) is 19.7. The normalized spacial score (nSPS) is 16.0. The molecule has 0 radical (unpaired) electrons. The number of ether oxygens (including phenoxy) is 1. The minimum Gasteiger partial charge on any atom is -0.482 e. The van der Waals surface area contributed by atoms with E-state index in [0.717, 1.165) is 30.4 Å². The molecule has 0 aliphatic carbocycles. The minimum atomic E-state index is -0.490. The van der Waals surface area contributed by atoms with Gasteiger partial charge in [-0.3, -0.25) is 14.5 Å². The van der Waals surface area contributed by atoms with E-state index in [4.69, 9.17) is 4.74 Å². The van der Waals surface area contributed by atoms with Crippen LogP contribution < -0.4 is 19.9 Å². The quantitative estimate of drug-likeness (QED) is 0.778. The molecule has 0 spiro atoms. The van der Waals surface area contributed by atoms with Crippen LogP contribution in [0.15, 0.2) is 40.9 Å². The van der Waals surface area contributed by atoms with Gasteiger partial charge in [0.05, 0.1) is 11.4 Å². The first-order valence-electron chi connectivity index (χ1n) is 9.09.